The van der Waals surface area contributed by atoms with Crippen LogP contribution in [0.3, 0.4) is 0 Å². The number of aliphatic imine (C=N–C) groups is 1. The summed E-state index contributed by atoms with van der Waals surface area (Å²) in [6.45, 7) is 2.81. The zero-order valence-corrected chi connectivity index (χ0v) is 12.9. The van der Waals surface area contributed by atoms with Crippen LogP contribution in [-0.4, -0.2) is 29.5 Å². The monoisotopic (exact) mass is 292 g/mol. The number of hydrogen-bond donors (Lipinski definition) is 3. The van der Waals surface area contributed by atoms with E-state index in [0.29, 0.717) is 23.8 Å². The molecule has 0 saturated heterocycles. The molecule has 0 spiro atoms. The second kappa shape index (κ2) is 5.73. The van der Waals surface area contributed by atoms with Gasteiger partial charge in [-0.25, -0.2) is 5.01 Å². The van der Waals surface area contributed by atoms with E-state index < -0.39 is 0 Å². The molecule has 0 radical (unpaired) electrons. The molecule has 0 aliphatic heterocycles. The molecule has 21 heavy (non-hydrogen) atoms. The van der Waals surface area contributed by atoms with Crippen molar-refractivity contribution < 1.29 is 0 Å². The minimum atomic E-state index is 0.0680. The lowest BCUT2D eigenvalue weighted by molar-refractivity contribution is -0.0445. The van der Waals surface area contributed by atoms with Gasteiger partial charge in [0, 0.05) is 6.54 Å². The van der Waals surface area contributed by atoms with E-state index in [2.05, 4.69) is 17.0 Å². The predicted octanol–water partition coefficient (Wildman–Crippen LogP) is 1.03. The van der Waals surface area contributed by atoms with Gasteiger partial charge in [0.05, 0.1) is 6.04 Å². The molecule has 0 aromatic carbocycles. The van der Waals surface area contributed by atoms with Crippen LogP contribution in [0.15, 0.2) is 10.1 Å². The van der Waals surface area contributed by atoms with E-state index >= 15 is 0 Å². The molecule has 0 unspecified atom stereocenters. The first kappa shape index (κ1) is 14.5. The Morgan fingerprint density at radius 3 is 2.05 bits per heavy atom. The molecule has 4 saturated carbocycles. The summed E-state index contributed by atoms with van der Waals surface area (Å²) >= 11 is 0. The van der Waals surface area contributed by atoms with Crippen LogP contribution in [-0.2, 0) is 0 Å². The van der Waals surface area contributed by atoms with Gasteiger partial charge in [-0.1, -0.05) is 6.92 Å². The second-order valence-electron chi connectivity index (χ2n) is 7.03. The summed E-state index contributed by atoms with van der Waals surface area (Å²) in [5, 5.41) is 6.17. The van der Waals surface area contributed by atoms with E-state index in [1.165, 1.54) is 32.1 Å². The van der Waals surface area contributed by atoms with Gasteiger partial charge in [-0.15, -0.1) is 5.10 Å². The summed E-state index contributed by atoms with van der Waals surface area (Å²) in [6, 6.07) is 0.334. The minimum Gasteiger partial charge on any atom is -0.369 e. The quantitative estimate of drug-likeness (QED) is 0.408. The maximum absolute atomic E-state index is 6.19. The Kier molecular flexibility index (Phi) is 3.95. The van der Waals surface area contributed by atoms with E-state index in [9.17, 15) is 0 Å². The molecule has 4 bridgehead atoms. The Bertz CT molecular complexity index is 411. The highest BCUT2D eigenvalue weighted by Crippen LogP contribution is 2.55. The number of nitrogens with two attached hydrogens (primary N) is 3. The van der Waals surface area contributed by atoms with Crippen molar-refractivity contribution in [1.82, 2.24) is 5.01 Å². The van der Waals surface area contributed by atoms with E-state index in [-0.39, 0.29) is 5.96 Å². The normalized spacial score (nSPS) is 37.6. The van der Waals surface area contributed by atoms with Gasteiger partial charge in [0.2, 0.25) is 11.9 Å². The van der Waals surface area contributed by atoms with Crippen LogP contribution in [0.1, 0.15) is 45.4 Å². The Morgan fingerprint density at radius 1 is 1.00 bits per heavy atom. The van der Waals surface area contributed by atoms with Crippen LogP contribution in [0.25, 0.3) is 0 Å². The van der Waals surface area contributed by atoms with Gasteiger partial charge >= 0.3 is 0 Å². The lowest BCUT2D eigenvalue weighted by Gasteiger charge is -2.56. The second-order valence-corrected chi connectivity index (χ2v) is 7.03. The van der Waals surface area contributed by atoms with Gasteiger partial charge in [0.25, 0.3) is 0 Å². The molecule has 6 nitrogen and oxygen atoms in total. The van der Waals surface area contributed by atoms with Gasteiger partial charge in [0.15, 0.2) is 0 Å². The largest absolute Gasteiger partial charge is 0.369 e. The third kappa shape index (κ3) is 2.80. The average Bonchev–Trinajstić information content (AvgIpc) is 2.42. The molecule has 0 aromatic heterocycles. The molecule has 6 N–H and O–H groups in total. The first-order valence-electron chi connectivity index (χ1n) is 8.27. The third-order valence-corrected chi connectivity index (χ3v) is 5.41. The topological polar surface area (TPSA) is 106 Å². The molecule has 6 heteroatoms. The molecule has 0 atom stereocenters. The van der Waals surface area contributed by atoms with Gasteiger partial charge in [-0.3, -0.25) is 4.99 Å². The van der Waals surface area contributed by atoms with Crippen molar-refractivity contribution in [2.75, 3.05) is 6.54 Å². The summed E-state index contributed by atoms with van der Waals surface area (Å²) in [7, 11) is 0. The third-order valence-electron chi connectivity index (χ3n) is 5.41. The molecular formula is C15H28N6. The smallest absolute Gasteiger partial charge is 0.212 e. The van der Waals surface area contributed by atoms with Crippen LogP contribution in [0.5, 0.6) is 0 Å². The molecule has 0 aromatic rings. The van der Waals surface area contributed by atoms with Crippen LogP contribution in [0.2, 0.25) is 0 Å². The van der Waals surface area contributed by atoms with Crippen LogP contribution < -0.4 is 17.2 Å². The van der Waals surface area contributed by atoms with Crippen LogP contribution >= 0.6 is 0 Å². The fraction of sp³-hybridized carbons (Fsp3) is 0.867. The molecule has 4 fully saturated rings. The fourth-order valence-electron chi connectivity index (χ4n) is 4.99. The Hall–Kier alpha value is -1.46. The van der Waals surface area contributed by atoms with E-state index in [4.69, 9.17) is 17.2 Å². The fourth-order valence-corrected chi connectivity index (χ4v) is 4.99. The standard InChI is InChI=1S/C15H28N6/c1-2-3-19-15(18)21(20-14(16)17)13-11-5-9-4-10(7-11)8-12(13)6-9/h9-13H,2-8H2,1H3,(H2,18,19)(H4,16,17,20). The number of hydrogen-bond acceptors (Lipinski definition) is 2. The summed E-state index contributed by atoms with van der Waals surface area (Å²) in [5.41, 5.74) is 17.4. The Balaban J connectivity index is 1.84. The van der Waals surface area contributed by atoms with E-state index in [1.807, 2.05) is 5.01 Å². The SMILES string of the molecule is CCCN=C(N)N(N=C(N)N)C1C2CC3CC(C2)CC1C3. The van der Waals surface area contributed by atoms with Gasteiger partial charge in [0.1, 0.15) is 0 Å². The van der Waals surface area contributed by atoms with Gasteiger partial charge < -0.3 is 17.2 Å². The predicted molar refractivity (Wildman–Crippen MR) is 85.3 cm³/mol. The molecule has 0 amide bonds. The van der Waals surface area contributed by atoms with Crippen molar-refractivity contribution in [1.29, 1.82) is 0 Å². The summed E-state index contributed by atoms with van der Waals surface area (Å²) in [6.07, 6.45) is 7.61. The lowest BCUT2D eigenvalue weighted by atomic mass is 9.54. The van der Waals surface area contributed by atoms with Gasteiger partial charge in [-0.2, -0.15) is 0 Å². The van der Waals surface area contributed by atoms with Crippen LogP contribution in [0.4, 0.5) is 0 Å². The average molecular weight is 292 g/mol. The first-order chi connectivity index (χ1) is 10.1. The van der Waals surface area contributed by atoms with Crippen molar-refractivity contribution in [2.24, 2.45) is 51.0 Å². The molecule has 4 rings (SSSR count). The molecule has 4 aliphatic carbocycles. The number of rotatable bonds is 4. The number of hydrazone groups is 1. The molecule has 118 valence electrons. The highest BCUT2D eigenvalue weighted by molar-refractivity contribution is 5.82. The van der Waals surface area contributed by atoms with E-state index in [0.717, 1.165) is 24.8 Å². The summed E-state index contributed by atoms with van der Waals surface area (Å²) in [4.78, 5) is 4.43. The molecular weight excluding hydrogens is 264 g/mol. The first-order valence-corrected chi connectivity index (χ1v) is 8.27. The Morgan fingerprint density at radius 2 is 1.57 bits per heavy atom. The van der Waals surface area contributed by atoms with E-state index in [1.54, 1.807) is 0 Å². The maximum Gasteiger partial charge on any atom is 0.212 e. The highest BCUT2D eigenvalue weighted by atomic mass is 15.5. The van der Waals surface area contributed by atoms with Crippen molar-refractivity contribution in [3.8, 4) is 0 Å². The summed E-state index contributed by atoms with van der Waals surface area (Å²) in [5.74, 6) is 3.71. The number of nitrogens with zero attached hydrogens (tertiary/aromatic N) is 3. The molecule has 0 heterocycles. The van der Waals surface area contributed by atoms with Crippen LogP contribution in [0, 0.1) is 23.7 Å². The zero-order valence-electron chi connectivity index (χ0n) is 12.9. The Labute approximate surface area is 126 Å². The maximum atomic E-state index is 6.19. The van der Waals surface area contributed by atoms with Gasteiger partial charge in [-0.05, 0) is 62.2 Å². The molecule has 4 aliphatic rings. The van der Waals surface area contributed by atoms with Crippen molar-refractivity contribution in [3.63, 3.8) is 0 Å². The highest BCUT2D eigenvalue weighted by Gasteiger charge is 2.51. The lowest BCUT2D eigenvalue weighted by Crippen LogP contribution is -2.58. The van der Waals surface area contributed by atoms with Crippen molar-refractivity contribution in [3.05, 3.63) is 0 Å². The van der Waals surface area contributed by atoms with Crippen molar-refractivity contribution >= 4 is 11.9 Å². The number of guanidine groups is 2. The summed E-state index contributed by atoms with van der Waals surface area (Å²) < 4.78 is 0. The minimum absolute atomic E-state index is 0.0680. The van der Waals surface area contributed by atoms with Crippen molar-refractivity contribution in [2.45, 2.75) is 51.5 Å². The zero-order chi connectivity index (χ0) is 15.0.